The third-order valence-electron chi connectivity index (χ3n) is 2.79. The molecule has 0 unspecified atom stereocenters. The first-order chi connectivity index (χ1) is 9.11. The molecular formula is C14H16N2O2S. The molecule has 0 spiro atoms. The Labute approximate surface area is 116 Å². The number of hydrogen-bond acceptors (Lipinski definition) is 4. The average Bonchev–Trinajstić information content (AvgIpc) is 2.92. The molecule has 5 heteroatoms. The van der Waals surface area contributed by atoms with Crippen LogP contribution in [-0.2, 0) is 0 Å². The van der Waals surface area contributed by atoms with Crippen molar-refractivity contribution < 1.29 is 9.53 Å². The van der Waals surface area contributed by atoms with Gasteiger partial charge in [-0.15, -0.1) is 11.3 Å². The van der Waals surface area contributed by atoms with Gasteiger partial charge in [-0.2, -0.15) is 0 Å². The quantitative estimate of drug-likeness (QED) is 0.844. The predicted molar refractivity (Wildman–Crippen MR) is 77.6 cm³/mol. The van der Waals surface area contributed by atoms with Gasteiger partial charge in [0.2, 0.25) is 0 Å². The smallest absolute Gasteiger partial charge is 0.255 e. The van der Waals surface area contributed by atoms with Gasteiger partial charge in [0.1, 0.15) is 5.75 Å². The Balaban J connectivity index is 2.16. The van der Waals surface area contributed by atoms with Crippen LogP contribution in [0.25, 0.3) is 0 Å². The molecule has 0 saturated heterocycles. The summed E-state index contributed by atoms with van der Waals surface area (Å²) in [5.74, 6) is 0.314. The van der Waals surface area contributed by atoms with Gasteiger partial charge < -0.3 is 15.8 Å². The lowest BCUT2D eigenvalue weighted by atomic mass is 10.1. The van der Waals surface area contributed by atoms with Crippen LogP contribution < -0.4 is 15.8 Å². The van der Waals surface area contributed by atoms with Crippen molar-refractivity contribution in [2.24, 2.45) is 0 Å². The maximum Gasteiger partial charge on any atom is 0.255 e. The monoisotopic (exact) mass is 276 g/mol. The van der Waals surface area contributed by atoms with Gasteiger partial charge in [-0.25, -0.2) is 0 Å². The predicted octanol–water partition coefficient (Wildman–Crippen LogP) is 2.83. The van der Waals surface area contributed by atoms with E-state index in [1.54, 1.807) is 29.5 Å². The molecule has 3 N–H and O–H groups in total. The summed E-state index contributed by atoms with van der Waals surface area (Å²) >= 11 is 1.61. The molecule has 1 atom stereocenters. The summed E-state index contributed by atoms with van der Waals surface area (Å²) in [5, 5.41) is 4.93. The lowest BCUT2D eigenvalue weighted by Gasteiger charge is -2.14. The molecule has 2 rings (SSSR count). The van der Waals surface area contributed by atoms with Crippen LogP contribution in [0.4, 0.5) is 5.69 Å². The van der Waals surface area contributed by atoms with Crippen molar-refractivity contribution in [3.8, 4) is 5.75 Å². The first-order valence-corrected chi connectivity index (χ1v) is 6.77. The molecule has 0 aliphatic heterocycles. The standard InChI is InChI=1S/C14H16N2O2S/c1-9(13-4-3-7-19-13)16-14(17)11-6-5-10(15)8-12(11)18-2/h3-9H,15H2,1-2H3,(H,16,17)/t9-/m0/s1. The van der Waals surface area contributed by atoms with Crippen molar-refractivity contribution in [3.05, 3.63) is 46.2 Å². The minimum absolute atomic E-state index is 0.0326. The number of amides is 1. The molecule has 2 aromatic rings. The van der Waals surface area contributed by atoms with E-state index in [1.165, 1.54) is 7.11 Å². The van der Waals surface area contributed by atoms with Gasteiger partial charge in [0.25, 0.3) is 5.91 Å². The van der Waals surface area contributed by atoms with Crippen molar-refractivity contribution in [1.82, 2.24) is 5.32 Å². The first-order valence-electron chi connectivity index (χ1n) is 5.89. The Hall–Kier alpha value is -2.01. The number of carbonyl (C=O) groups excluding carboxylic acids is 1. The molecule has 1 aromatic heterocycles. The molecule has 0 saturated carbocycles. The molecule has 4 nitrogen and oxygen atoms in total. The van der Waals surface area contributed by atoms with Crippen LogP contribution in [0.5, 0.6) is 5.75 Å². The molecule has 100 valence electrons. The van der Waals surface area contributed by atoms with E-state index < -0.39 is 0 Å². The van der Waals surface area contributed by atoms with Crippen LogP contribution in [0.2, 0.25) is 0 Å². The van der Waals surface area contributed by atoms with Gasteiger partial charge in [0, 0.05) is 16.6 Å². The summed E-state index contributed by atoms with van der Waals surface area (Å²) in [5.41, 5.74) is 6.73. The molecule has 1 aromatic carbocycles. The zero-order valence-electron chi connectivity index (χ0n) is 10.8. The van der Waals surface area contributed by atoms with E-state index in [1.807, 2.05) is 24.4 Å². The number of rotatable bonds is 4. The van der Waals surface area contributed by atoms with E-state index in [4.69, 9.17) is 10.5 Å². The highest BCUT2D eigenvalue weighted by atomic mass is 32.1. The topological polar surface area (TPSA) is 64.3 Å². The van der Waals surface area contributed by atoms with E-state index in [0.717, 1.165) is 4.88 Å². The van der Waals surface area contributed by atoms with Gasteiger partial charge >= 0.3 is 0 Å². The molecule has 19 heavy (non-hydrogen) atoms. The fourth-order valence-electron chi connectivity index (χ4n) is 1.78. The molecule has 0 aliphatic rings. The number of benzene rings is 1. The van der Waals surface area contributed by atoms with Gasteiger partial charge in [-0.05, 0) is 30.5 Å². The fraction of sp³-hybridized carbons (Fsp3) is 0.214. The molecule has 0 bridgehead atoms. The Morgan fingerprint density at radius 3 is 2.84 bits per heavy atom. The summed E-state index contributed by atoms with van der Waals surface area (Å²) < 4.78 is 5.18. The number of nitrogens with one attached hydrogen (secondary N) is 1. The second kappa shape index (κ2) is 5.75. The number of thiophene rings is 1. The lowest BCUT2D eigenvalue weighted by Crippen LogP contribution is -2.26. The zero-order chi connectivity index (χ0) is 13.8. The number of hydrogen-bond donors (Lipinski definition) is 2. The van der Waals surface area contributed by atoms with Crippen molar-refractivity contribution in [1.29, 1.82) is 0 Å². The van der Waals surface area contributed by atoms with Crippen LogP contribution in [0.3, 0.4) is 0 Å². The maximum absolute atomic E-state index is 12.2. The van der Waals surface area contributed by atoms with Gasteiger partial charge in [0.05, 0.1) is 18.7 Å². The summed E-state index contributed by atoms with van der Waals surface area (Å²) in [6, 6.07) is 8.93. The maximum atomic E-state index is 12.2. The SMILES string of the molecule is COc1cc(N)ccc1C(=O)N[C@@H](C)c1cccs1. The Bertz CT molecular complexity index is 567. The zero-order valence-corrected chi connectivity index (χ0v) is 11.7. The third-order valence-corrected chi connectivity index (χ3v) is 3.84. The van der Waals surface area contributed by atoms with Crippen LogP contribution in [-0.4, -0.2) is 13.0 Å². The van der Waals surface area contributed by atoms with Gasteiger partial charge in [-0.1, -0.05) is 6.07 Å². The van der Waals surface area contributed by atoms with Crippen LogP contribution in [0.15, 0.2) is 35.7 Å². The third kappa shape index (κ3) is 3.06. The molecule has 1 amide bonds. The second-order valence-electron chi connectivity index (χ2n) is 4.17. The van der Waals surface area contributed by atoms with Crippen LogP contribution in [0.1, 0.15) is 28.2 Å². The van der Waals surface area contributed by atoms with Crippen molar-refractivity contribution in [2.45, 2.75) is 13.0 Å². The number of methoxy groups -OCH3 is 1. The average molecular weight is 276 g/mol. The van der Waals surface area contributed by atoms with E-state index in [9.17, 15) is 4.79 Å². The highest BCUT2D eigenvalue weighted by molar-refractivity contribution is 7.10. The Kier molecular flexibility index (Phi) is 4.06. The van der Waals surface area contributed by atoms with E-state index >= 15 is 0 Å². The van der Waals surface area contributed by atoms with E-state index in [2.05, 4.69) is 5.32 Å². The summed E-state index contributed by atoms with van der Waals surface area (Å²) in [7, 11) is 1.52. The number of anilines is 1. The minimum atomic E-state index is -0.169. The van der Waals surface area contributed by atoms with Crippen molar-refractivity contribution in [3.63, 3.8) is 0 Å². The van der Waals surface area contributed by atoms with Crippen molar-refractivity contribution >= 4 is 22.9 Å². The fourth-order valence-corrected chi connectivity index (χ4v) is 2.51. The lowest BCUT2D eigenvalue weighted by molar-refractivity contribution is 0.0937. The number of nitrogens with two attached hydrogens (primary N) is 1. The highest BCUT2D eigenvalue weighted by Gasteiger charge is 2.16. The molecule has 0 fully saturated rings. The normalized spacial score (nSPS) is 11.9. The first kappa shape index (κ1) is 13.4. The van der Waals surface area contributed by atoms with Crippen LogP contribution in [0, 0.1) is 0 Å². The van der Waals surface area contributed by atoms with Crippen molar-refractivity contribution in [2.75, 3.05) is 12.8 Å². The van der Waals surface area contributed by atoms with Crippen LogP contribution >= 0.6 is 11.3 Å². The molecule has 0 radical (unpaired) electrons. The summed E-state index contributed by atoms with van der Waals surface area (Å²) in [6.07, 6.45) is 0. The summed E-state index contributed by atoms with van der Waals surface area (Å²) in [4.78, 5) is 13.3. The highest BCUT2D eigenvalue weighted by Crippen LogP contribution is 2.23. The largest absolute Gasteiger partial charge is 0.496 e. The number of nitrogen functional groups attached to an aromatic ring is 1. The Morgan fingerprint density at radius 2 is 2.21 bits per heavy atom. The summed E-state index contributed by atoms with van der Waals surface area (Å²) in [6.45, 7) is 1.95. The second-order valence-corrected chi connectivity index (χ2v) is 5.15. The number of ether oxygens (including phenoxy) is 1. The minimum Gasteiger partial charge on any atom is -0.496 e. The Morgan fingerprint density at radius 1 is 1.42 bits per heavy atom. The molecular weight excluding hydrogens is 260 g/mol. The number of carbonyl (C=O) groups is 1. The molecule has 1 heterocycles. The van der Waals surface area contributed by atoms with E-state index in [0.29, 0.717) is 17.0 Å². The molecule has 0 aliphatic carbocycles. The van der Waals surface area contributed by atoms with E-state index in [-0.39, 0.29) is 11.9 Å². The van der Waals surface area contributed by atoms with Gasteiger partial charge in [0.15, 0.2) is 0 Å². The van der Waals surface area contributed by atoms with Gasteiger partial charge in [-0.3, -0.25) is 4.79 Å².